The Balaban J connectivity index is 1.50. The van der Waals surface area contributed by atoms with Gasteiger partial charge in [0, 0.05) is 50.1 Å². The molecule has 114 valence electrons. The fourth-order valence-corrected chi connectivity index (χ4v) is 2.67. The molecule has 3 rings (SSSR count). The first-order chi connectivity index (χ1) is 10.8. The van der Waals surface area contributed by atoms with Crippen molar-refractivity contribution in [2.24, 2.45) is 5.10 Å². The molecule has 1 aromatic carbocycles. The van der Waals surface area contributed by atoms with Crippen LogP contribution in [0.25, 0.3) is 0 Å². The van der Waals surface area contributed by atoms with Crippen LogP contribution in [0.15, 0.2) is 53.9 Å². The van der Waals surface area contributed by atoms with E-state index in [1.807, 2.05) is 36.5 Å². The zero-order chi connectivity index (χ0) is 15.2. The number of hydrogen-bond acceptors (Lipinski definition) is 4. The Labute approximate surface area is 136 Å². The Morgan fingerprint density at radius 1 is 1.05 bits per heavy atom. The third-order valence-corrected chi connectivity index (χ3v) is 4.15. The molecule has 0 bridgehead atoms. The summed E-state index contributed by atoms with van der Waals surface area (Å²) >= 11 is 6.22. The van der Waals surface area contributed by atoms with E-state index in [1.54, 1.807) is 12.4 Å². The third kappa shape index (κ3) is 4.06. The standard InChI is InChI=1S/C17H19ClN4/c18-17-4-2-1-3-16(17)14-21-9-11-22(12-10-21)20-13-15-5-7-19-8-6-15/h1-8,13H,9-12,14H2/b20-13-. The van der Waals surface area contributed by atoms with Crippen LogP contribution in [0, 0.1) is 0 Å². The Morgan fingerprint density at radius 3 is 2.50 bits per heavy atom. The van der Waals surface area contributed by atoms with Gasteiger partial charge >= 0.3 is 0 Å². The van der Waals surface area contributed by atoms with Gasteiger partial charge in [0.05, 0.1) is 6.21 Å². The molecular formula is C17H19ClN4. The number of halogens is 1. The van der Waals surface area contributed by atoms with Gasteiger partial charge in [0.15, 0.2) is 0 Å². The molecule has 1 saturated heterocycles. The maximum atomic E-state index is 6.22. The van der Waals surface area contributed by atoms with E-state index in [0.29, 0.717) is 0 Å². The average Bonchev–Trinajstić information content (AvgIpc) is 2.57. The molecule has 5 heteroatoms. The van der Waals surface area contributed by atoms with E-state index < -0.39 is 0 Å². The SMILES string of the molecule is Clc1ccccc1CN1CCN(/N=C\c2ccncc2)CC1. The normalized spacial score (nSPS) is 16.3. The molecule has 2 heterocycles. The molecule has 0 radical (unpaired) electrons. The molecule has 2 aromatic rings. The lowest BCUT2D eigenvalue weighted by atomic mass is 10.2. The quantitative estimate of drug-likeness (QED) is 0.813. The van der Waals surface area contributed by atoms with Crippen molar-refractivity contribution in [2.75, 3.05) is 26.2 Å². The van der Waals surface area contributed by atoms with Crippen LogP contribution < -0.4 is 0 Å². The molecule has 0 amide bonds. The van der Waals surface area contributed by atoms with Crippen molar-refractivity contribution < 1.29 is 0 Å². The zero-order valence-corrected chi connectivity index (χ0v) is 13.2. The number of hydrogen-bond donors (Lipinski definition) is 0. The van der Waals surface area contributed by atoms with Crippen LogP contribution in [0.1, 0.15) is 11.1 Å². The second-order valence-corrected chi connectivity index (χ2v) is 5.75. The summed E-state index contributed by atoms with van der Waals surface area (Å²) in [5.41, 5.74) is 2.27. The number of piperazine rings is 1. The van der Waals surface area contributed by atoms with Crippen LogP contribution >= 0.6 is 11.6 Å². The lowest BCUT2D eigenvalue weighted by molar-refractivity contribution is 0.131. The number of rotatable bonds is 4. The van der Waals surface area contributed by atoms with Crippen molar-refractivity contribution in [1.82, 2.24) is 14.9 Å². The molecule has 0 aliphatic carbocycles. The van der Waals surface area contributed by atoms with Crippen molar-refractivity contribution in [1.29, 1.82) is 0 Å². The predicted molar refractivity (Wildman–Crippen MR) is 90.1 cm³/mol. The minimum absolute atomic E-state index is 0.848. The van der Waals surface area contributed by atoms with Crippen LogP contribution in [0.2, 0.25) is 5.02 Å². The summed E-state index contributed by atoms with van der Waals surface area (Å²) in [5.74, 6) is 0. The molecule has 22 heavy (non-hydrogen) atoms. The van der Waals surface area contributed by atoms with E-state index >= 15 is 0 Å². The van der Waals surface area contributed by atoms with Crippen molar-refractivity contribution in [2.45, 2.75) is 6.54 Å². The first kappa shape index (κ1) is 15.0. The van der Waals surface area contributed by atoms with Crippen LogP contribution in [-0.4, -0.2) is 47.3 Å². The molecule has 1 aliphatic heterocycles. The van der Waals surface area contributed by atoms with E-state index in [0.717, 1.165) is 43.3 Å². The summed E-state index contributed by atoms with van der Waals surface area (Å²) in [6.45, 7) is 4.78. The minimum atomic E-state index is 0.848. The Kier molecular flexibility index (Phi) is 5.03. The lowest BCUT2D eigenvalue weighted by Crippen LogP contribution is -2.43. The summed E-state index contributed by atoms with van der Waals surface area (Å²) < 4.78 is 0. The summed E-state index contributed by atoms with van der Waals surface area (Å²) in [4.78, 5) is 6.42. The maximum Gasteiger partial charge on any atom is 0.0544 e. The van der Waals surface area contributed by atoms with Gasteiger partial charge in [0.2, 0.25) is 0 Å². The highest BCUT2D eigenvalue weighted by atomic mass is 35.5. The molecule has 1 aromatic heterocycles. The minimum Gasteiger partial charge on any atom is -0.295 e. The topological polar surface area (TPSA) is 31.7 Å². The summed E-state index contributed by atoms with van der Waals surface area (Å²) in [6.07, 6.45) is 5.46. The predicted octanol–water partition coefficient (Wildman–Crippen LogP) is 2.89. The van der Waals surface area contributed by atoms with E-state index in [1.165, 1.54) is 5.56 Å². The summed E-state index contributed by atoms with van der Waals surface area (Å²) in [6, 6.07) is 12.0. The smallest absolute Gasteiger partial charge is 0.0544 e. The van der Waals surface area contributed by atoms with Crippen molar-refractivity contribution in [3.63, 3.8) is 0 Å². The fraction of sp³-hybridized carbons (Fsp3) is 0.294. The first-order valence-electron chi connectivity index (χ1n) is 7.46. The summed E-state index contributed by atoms with van der Waals surface area (Å²) in [7, 11) is 0. The van der Waals surface area contributed by atoms with Crippen LogP contribution in [-0.2, 0) is 6.54 Å². The zero-order valence-electron chi connectivity index (χ0n) is 12.4. The van der Waals surface area contributed by atoms with Crippen molar-refractivity contribution in [3.05, 3.63) is 64.9 Å². The number of benzene rings is 1. The van der Waals surface area contributed by atoms with Crippen LogP contribution in [0.4, 0.5) is 0 Å². The molecule has 0 unspecified atom stereocenters. The molecular weight excluding hydrogens is 296 g/mol. The maximum absolute atomic E-state index is 6.22. The van der Waals surface area contributed by atoms with Gasteiger partial charge in [-0.05, 0) is 29.3 Å². The molecule has 4 nitrogen and oxygen atoms in total. The highest BCUT2D eigenvalue weighted by molar-refractivity contribution is 6.31. The van der Waals surface area contributed by atoms with Gasteiger partial charge < -0.3 is 0 Å². The van der Waals surface area contributed by atoms with Gasteiger partial charge in [-0.1, -0.05) is 29.8 Å². The van der Waals surface area contributed by atoms with Gasteiger partial charge in [-0.2, -0.15) is 5.10 Å². The molecule has 0 N–H and O–H groups in total. The van der Waals surface area contributed by atoms with Crippen molar-refractivity contribution in [3.8, 4) is 0 Å². The van der Waals surface area contributed by atoms with E-state index in [2.05, 4.69) is 26.1 Å². The average molecular weight is 315 g/mol. The molecule has 0 spiro atoms. The van der Waals surface area contributed by atoms with Crippen LogP contribution in [0.3, 0.4) is 0 Å². The molecule has 0 saturated carbocycles. The van der Waals surface area contributed by atoms with Gasteiger partial charge in [-0.15, -0.1) is 0 Å². The van der Waals surface area contributed by atoms with Gasteiger partial charge in [0.1, 0.15) is 0 Å². The van der Waals surface area contributed by atoms with Crippen LogP contribution in [0.5, 0.6) is 0 Å². The second kappa shape index (κ2) is 7.38. The largest absolute Gasteiger partial charge is 0.295 e. The Morgan fingerprint density at radius 2 is 1.77 bits per heavy atom. The van der Waals surface area contributed by atoms with Crippen molar-refractivity contribution >= 4 is 17.8 Å². The molecule has 1 fully saturated rings. The van der Waals surface area contributed by atoms with E-state index in [9.17, 15) is 0 Å². The first-order valence-corrected chi connectivity index (χ1v) is 7.84. The van der Waals surface area contributed by atoms with E-state index in [-0.39, 0.29) is 0 Å². The number of pyridine rings is 1. The lowest BCUT2D eigenvalue weighted by Gasteiger charge is -2.33. The van der Waals surface area contributed by atoms with E-state index in [4.69, 9.17) is 11.6 Å². The highest BCUT2D eigenvalue weighted by Crippen LogP contribution is 2.17. The number of aromatic nitrogens is 1. The Bertz CT molecular complexity index is 622. The van der Waals surface area contributed by atoms with Gasteiger partial charge in [0.25, 0.3) is 0 Å². The highest BCUT2D eigenvalue weighted by Gasteiger charge is 2.16. The second-order valence-electron chi connectivity index (χ2n) is 5.35. The molecule has 1 aliphatic rings. The third-order valence-electron chi connectivity index (χ3n) is 3.78. The number of nitrogens with zero attached hydrogens (tertiary/aromatic N) is 4. The Hall–Kier alpha value is -1.91. The fourth-order valence-electron chi connectivity index (χ4n) is 2.48. The monoisotopic (exact) mass is 314 g/mol. The van der Waals surface area contributed by atoms with Gasteiger partial charge in [-0.25, -0.2) is 0 Å². The summed E-state index contributed by atoms with van der Waals surface area (Å²) in [5, 5.41) is 7.50. The number of hydrazone groups is 1. The molecule has 0 atom stereocenters. The van der Waals surface area contributed by atoms with Gasteiger partial charge in [-0.3, -0.25) is 14.9 Å².